The van der Waals surface area contributed by atoms with E-state index in [9.17, 15) is 19.1 Å². The first-order valence-electron chi connectivity index (χ1n) is 12.0. The molecule has 1 aromatic heterocycles. The Hall–Kier alpha value is -2.72. The summed E-state index contributed by atoms with van der Waals surface area (Å²) in [5, 5.41) is 15.7. The van der Waals surface area contributed by atoms with Gasteiger partial charge in [0.05, 0.1) is 28.8 Å². The van der Waals surface area contributed by atoms with Gasteiger partial charge in [0, 0.05) is 23.9 Å². The van der Waals surface area contributed by atoms with Gasteiger partial charge in [-0.05, 0) is 62.5 Å². The van der Waals surface area contributed by atoms with Gasteiger partial charge in [0.25, 0.3) is 5.91 Å². The number of nitrogens with one attached hydrogen (secondary N) is 2. The Morgan fingerprint density at radius 1 is 1.11 bits per heavy atom. The monoisotopic (exact) mass is 522 g/mol. The highest BCUT2D eigenvalue weighted by molar-refractivity contribution is 6.30. The van der Waals surface area contributed by atoms with E-state index in [-0.39, 0.29) is 48.3 Å². The van der Waals surface area contributed by atoms with E-state index in [1.165, 1.54) is 18.7 Å². The lowest BCUT2D eigenvalue weighted by atomic mass is 9.74. The van der Waals surface area contributed by atoms with E-state index in [0.29, 0.717) is 12.8 Å². The second-order valence-corrected chi connectivity index (χ2v) is 10.7. The predicted molar refractivity (Wildman–Crippen MR) is 124 cm³/mol. The molecule has 3 aliphatic carbocycles. The molecule has 1 heterocycles. The number of rotatable bonds is 6. The normalized spacial score (nSPS) is 31.9. The van der Waals surface area contributed by atoms with Gasteiger partial charge in [-0.1, -0.05) is 11.6 Å². The Morgan fingerprint density at radius 2 is 1.81 bits per heavy atom. The summed E-state index contributed by atoms with van der Waals surface area (Å²) in [5.74, 6) is -3.56. The minimum atomic E-state index is -1.41. The van der Waals surface area contributed by atoms with Gasteiger partial charge in [-0.15, -0.1) is 0 Å². The van der Waals surface area contributed by atoms with Gasteiger partial charge >= 0.3 is 0 Å². The Morgan fingerprint density at radius 3 is 2.44 bits per heavy atom. The van der Waals surface area contributed by atoms with E-state index in [1.54, 1.807) is 0 Å². The molecule has 1 unspecified atom stereocenters. The zero-order chi connectivity index (χ0) is 25.7. The van der Waals surface area contributed by atoms with Gasteiger partial charge in [-0.25, -0.2) is 23.1 Å². The number of aliphatic hydroxyl groups excluding tert-OH is 1. The number of benzene rings is 1. The number of fused-ring (bicyclic) bond motifs is 2. The number of alkyl halides is 1. The lowest BCUT2D eigenvalue weighted by molar-refractivity contribution is -0.127. The maximum Gasteiger partial charge on any atom is 0.254 e. The molecule has 192 valence electrons. The number of halogens is 4. The van der Waals surface area contributed by atoms with E-state index in [0.717, 1.165) is 12.1 Å². The van der Waals surface area contributed by atoms with E-state index in [2.05, 4.69) is 20.6 Å². The van der Waals surface area contributed by atoms with Crippen LogP contribution in [0.4, 0.5) is 13.2 Å². The molecular formula is C25H26ClF3N4O3. The highest BCUT2D eigenvalue weighted by atomic mass is 35.5. The molecule has 0 aliphatic heterocycles. The standard InChI is InChI=1S/C25H26ClF3N4O3/c26-15-1-2-16(27)19(20(15)28)21(24-3-5-25(29,11-24)6-4-24)33-22(35)13-7-17(18(34)8-13)32-23(36)14-9-30-12-31-10-14/h1-2,9-10,12-13,17-18,21,34H,3-8,11H2,(H,32,36)(H,33,35)/t13?,17-,18+,21+,24?,25?/m0/s1. The average Bonchev–Trinajstić information content (AvgIpc) is 3.52. The molecule has 2 amide bonds. The molecule has 2 aromatic rings. The van der Waals surface area contributed by atoms with Crippen molar-refractivity contribution in [1.29, 1.82) is 0 Å². The molecule has 11 heteroatoms. The summed E-state index contributed by atoms with van der Waals surface area (Å²) in [6.45, 7) is 0. The van der Waals surface area contributed by atoms with Gasteiger partial charge in [0.15, 0.2) is 0 Å². The summed E-state index contributed by atoms with van der Waals surface area (Å²) in [4.78, 5) is 33.4. The number of aliphatic hydroxyl groups is 1. The topological polar surface area (TPSA) is 104 Å². The summed E-state index contributed by atoms with van der Waals surface area (Å²) < 4.78 is 45.2. The molecule has 2 bridgehead atoms. The van der Waals surface area contributed by atoms with Crippen LogP contribution in [0, 0.1) is 23.0 Å². The first-order chi connectivity index (χ1) is 17.1. The Kier molecular flexibility index (Phi) is 6.45. The van der Waals surface area contributed by atoms with E-state index in [4.69, 9.17) is 11.6 Å². The minimum absolute atomic E-state index is 0.0509. The van der Waals surface area contributed by atoms with Crippen LogP contribution in [0.15, 0.2) is 30.9 Å². The van der Waals surface area contributed by atoms with E-state index >= 15 is 8.78 Å². The first-order valence-corrected chi connectivity index (χ1v) is 12.4. The van der Waals surface area contributed by atoms with Gasteiger partial charge in [0.2, 0.25) is 5.91 Å². The van der Waals surface area contributed by atoms with Gasteiger partial charge in [-0.3, -0.25) is 9.59 Å². The summed E-state index contributed by atoms with van der Waals surface area (Å²) >= 11 is 5.95. The van der Waals surface area contributed by atoms with Gasteiger partial charge < -0.3 is 15.7 Å². The van der Waals surface area contributed by atoms with Crippen LogP contribution >= 0.6 is 11.6 Å². The van der Waals surface area contributed by atoms with Crippen molar-refractivity contribution >= 4 is 23.4 Å². The molecule has 0 saturated heterocycles. The molecular weight excluding hydrogens is 497 g/mol. The molecule has 3 saturated carbocycles. The summed E-state index contributed by atoms with van der Waals surface area (Å²) in [6, 6.07) is 0.326. The average molecular weight is 523 g/mol. The smallest absolute Gasteiger partial charge is 0.254 e. The number of nitrogens with zero attached hydrogens (tertiary/aromatic N) is 2. The molecule has 36 heavy (non-hydrogen) atoms. The van der Waals surface area contributed by atoms with E-state index < -0.39 is 58.6 Å². The third kappa shape index (κ3) is 4.45. The second-order valence-electron chi connectivity index (χ2n) is 10.3. The van der Waals surface area contributed by atoms with Gasteiger partial charge in [0.1, 0.15) is 23.6 Å². The summed E-state index contributed by atoms with van der Waals surface area (Å²) in [6.07, 6.45) is 4.52. The molecule has 0 radical (unpaired) electrons. The van der Waals surface area contributed by atoms with Crippen LogP contribution in [0.3, 0.4) is 0 Å². The largest absolute Gasteiger partial charge is 0.391 e. The zero-order valence-electron chi connectivity index (χ0n) is 19.3. The van der Waals surface area contributed by atoms with E-state index in [1.807, 2.05) is 0 Å². The highest BCUT2D eigenvalue weighted by Gasteiger charge is 2.59. The predicted octanol–water partition coefficient (Wildman–Crippen LogP) is 3.81. The van der Waals surface area contributed by atoms with Crippen molar-refractivity contribution in [3.05, 3.63) is 58.6 Å². The van der Waals surface area contributed by atoms with Crippen LogP contribution in [0.25, 0.3) is 0 Å². The number of hydrogen-bond acceptors (Lipinski definition) is 5. The molecule has 3 fully saturated rings. The Balaban J connectivity index is 1.36. The molecule has 4 atom stereocenters. The van der Waals surface area contributed by atoms with Crippen molar-refractivity contribution in [1.82, 2.24) is 20.6 Å². The summed E-state index contributed by atoms with van der Waals surface area (Å²) in [7, 11) is 0. The fourth-order valence-electron chi connectivity index (χ4n) is 6.22. The molecule has 0 spiro atoms. The maximum atomic E-state index is 15.1. The number of hydrogen-bond donors (Lipinski definition) is 3. The van der Waals surface area contributed by atoms with Crippen LogP contribution in [0.1, 0.15) is 66.9 Å². The number of aromatic nitrogens is 2. The number of amides is 2. The van der Waals surface area contributed by atoms with Crippen LogP contribution in [-0.4, -0.2) is 44.7 Å². The lowest BCUT2D eigenvalue weighted by Crippen LogP contribution is -2.43. The quantitative estimate of drug-likeness (QED) is 0.501. The van der Waals surface area contributed by atoms with Crippen molar-refractivity contribution in [2.75, 3.05) is 0 Å². The minimum Gasteiger partial charge on any atom is -0.391 e. The molecule has 1 aromatic carbocycles. The van der Waals surface area contributed by atoms with Crippen molar-refractivity contribution in [3.63, 3.8) is 0 Å². The summed E-state index contributed by atoms with van der Waals surface area (Å²) in [5.41, 5.74) is -2.40. The zero-order valence-corrected chi connectivity index (χ0v) is 20.1. The number of carbonyl (C=O) groups excluding carboxylic acids is 2. The fraction of sp³-hybridized carbons (Fsp3) is 0.520. The van der Waals surface area contributed by atoms with Crippen LogP contribution in [0.5, 0.6) is 0 Å². The molecule has 3 aliphatic rings. The van der Waals surface area contributed by atoms with Crippen molar-refractivity contribution in [2.45, 2.75) is 68.8 Å². The van der Waals surface area contributed by atoms with Gasteiger partial charge in [-0.2, -0.15) is 0 Å². The first kappa shape index (κ1) is 25.0. The van der Waals surface area contributed by atoms with Crippen molar-refractivity contribution in [2.24, 2.45) is 11.3 Å². The lowest BCUT2D eigenvalue weighted by Gasteiger charge is -2.37. The second kappa shape index (κ2) is 9.30. The third-order valence-corrected chi connectivity index (χ3v) is 8.41. The van der Waals surface area contributed by atoms with Crippen LogP contribution in [-0.2, 0) is 4.79 Å². The third-order valence-electron chi connectivity index (χ3n) is 8.12. The fourth-order valence-corrected chi connectivity index (χ4v) is 6.39. The number of carbonyl (C=O) groups is 2. The SMILES string of the molecule is O=C(N[C@H]1CC(C(=O)N[C@H](c2c(F)ccc(Cl)c2F)C23CCC(F)(CC2)C3)C[C@H]1O)c1cncnc1. The van der Waals surface area contributed by atoms with Crippen LogP contribution in [0.2, 0.25) is 5.02 Å². The molecule has 3 N–H and O–H groups in total. The van der Waals surface area contributed by atoms with Crippen molar-refractivity contribution < 1.29 is 27.9 Å². The maximum absolute atomic E-state index is 15.1. The molecule has 5 rings (SSSR count). The van der Waals surface area contributed by atoms with Crippen molar-refractivity contribution in [3.8, 4) is 0 Å². The molecule has 7 nitrogen and oxygen atoms in total. The Labute approximate surface area is 210 Å². The van der Waals surface area contributed by atoms with Crippen LogP contribution < -0.4 is 10.6 Å². The highest BCUT2D eigenvalue weighted by Crippen LogP contribution is 2.63. The Bertz CT molecular complexity index is 1180.